The minimum atomic E-state index is 0.111. The van der Waals surface area contributed by atoms with Gasteiger partial charge in [-0.15, -0.1) is 0 Å². The lowest BCUT2D eigenvalue weighted by Crippen LogP contribution is -2.45. The van der Waals surface area contributed by atoms with Crippen LogP contribution in [0.25, 0.3) is 0 Å². The molecule has 2 aliphatic rings. The van der Waals surface area contributed by atoms with Gasteiger partial charge in [-0.05, 0) is 38.3 Å². The summed E-state index contributed by atoms with van der Waals surface area (Å²) in [4.78, 5) is 0. The molecule has 1 aliphatic heterocycles. The minimum Gasteiger partial charge on any atom is -0.487 e. The second kappa shape index (κ2) is 4.93. The van der Waals surface area contributed by atoms with Crippen LogP contribution in [0.15, 0.2) is 24.3 Å². The SMILES string of the molecule is CCNC1CC2(CCCCC2)Oc2ccccc21. The van der Waals surface area contributed by atoms with Gasteiger partial charge < -0.3 is 10.1 Å². The molecule has 1 unspecified atom stereocenters. The Labute approximate surface area is 110 Å². The first kappa shape index (κ1) is 12.0. The molecule has 1 saturated carbocycles. The number of fused-ring (bicyclic) bond motifs is 1. The topological polar surface area (TPSA) is 21.3 Å². The molecule has 0 saturated heterocycles. The molecule has 2 heteroatoms. The van der Waals surface area contributed by atoms with Crippen molar-refractivity contribution in [3.63, 3.8) is 0 Å². The molecule has 1 heterocycles. The largest absolute Gasteiger partial charge is 0.487 e. The van der Waals surface area contributed by atoms with Gasteiger partial charge in [0.15, 0.2) is 0 Å². The summed E-state index contributed by atoms with van der Waals surface area (Å²) in [7, 11) is 0. The molecule has 1 atom stereocenters. The van der Waals surface area contributed by atoms with Crippen molar-refractivity contribution in [1.29, 1.82) is 0 Å². The van der Waals surface area contributed by atoms with Crippen molar-refractivity contribution in [2.45, 2.75) is 57.1 Å². The summed E-state index contributed by atoms with van der Waals surface area (Å²) in [6.07, 6.45) is 7.60. The fourth-order valence-corrected chi connectivity index (χ4v) is 3.55. The Kier molecular flexibility index (Phi) is 3.29. The van der Waals surface area contributed by atoms with Gasteiger partial charge in [0.05, 0.1) is 0 Å². The minimum absolute atomic E-state index is 0.111. The highest BCUT2D eigenvalue weighted by Crippen LogP contribution is 2.45. The highest BCUT2D eigenvalue weighted by molar-refractivity contribution is 5.39. The van der Waals surface area contributed by atoms with E-state index < -0.39 is 0 Å². The summed E-state index contributed by atoms with van der Waals surface area (Å²) in [5, 5.41) is 3.63. The molecule has 1 aromatic carbocycles. The fraction of sp³-hybridized carbons (Fsp3) is 0.625. The first-order chi connectivity index (χ1) is 8.83. The van der Waals surface area contributed by atoms with Crippen molar-refractivity contribution in [3.05, 3.63) is 29.8 Å². The second-order valence-corrected chi connectivity index (χ2v) is 5.70. The fourth-order valence-electron chi connectivity index (χ4n) is 3.55. The monoisotopic (exact) mass is 245 g/mol. The van der Waals surface area contributed by atoms with Crippen molar-refractivity contribution in [3.8, 4) is 5.75 Å². The van der Waals surface area contributed by atoms with Crippen molar-refractivity contribution in [1.82, 2.24) is 5.32 Å². The van der Waals surface area contributed by atoms with Gasteiger partial charge in [0.25, 0.3) is 0 Å². The van der Waals surface area contributed by atoms with E-state index in [2.05, 4.69) is 36.5 Å². The first-order valence-corrected chi connectivity index (χ1v) is 7.34. The van der Waals surface area contributed by atoms with E-state index in [4.69, 9.17) is 4.74 Å². The first-order valence-electron chi connectivity index (χ1n) is 7.34. The van der Waals surface area contributed by atoms with Gasteiger partial charge in [-0.1, -0.05) is 31.5 Å². The summed E-state index contributed by atoms with van der Waals surface area (Å²) in [6, 6.07) is 9.01. The van der Waals surface area contributed by atoms with Gasteiger partial charge in [-0.2, -0.15) is 0 Å². The lowest BCUT2D eigenvalue weighted by molar-refractivity contribution is -0.00243. The zero-order chi connectivity index (χ0) is 12.4. The maximum Gasteiger partial charge on any atom is 0.124 e. The third-order valence-corrected chi connectivity index (χ3v) is 4.41. The van der Waals surface area contributed by atoms with Gasteiger partial charge in [-0.3, -0.25) is 0 Å². The van der Waals surface area contributed by atoms with Gasteiger partial charge >= 0.3 is 0 Å². The van der Waals surface area contributed by atoms with E-state index in [1.165, 1.54) is 37.7 Å². The Morgan fingerprint density at radius 3 is 2.78 bits per heavy atom. The molecule has 3 rings (SSSR count). The van der Waals surface area contributed by atoms with Crippen LogP contribution in [0.4, 0.5) is 0 Å². The third kappa shape index (κ3) is 2.14. The predicted molar refractivity (Wildman–Crippen MR) is 73.9 cm³/mol. The van der Waals surface area contributed by atoms with E-state index in [-0.39, 0.29) is 5.60 Å². The molecule has 1 spiro atoms. The predicted octanol–water partition coefficient (Wildman–Crippen LogP) is 3.82. The van der Waals surface area contributed by atoms with Crippen molar-refractivity contribution in [2.75, 3.05) is 6.54 Å². The summed E-state index contributed by atoms with van der Waals surface area (Å²) >= 11 is 0. The van der Waals surface area contributed by atoms with E-state index >= 15 is 0 Å². The van der Waals surface area contributed by atoms with Crippen LogP contribution < -0.4 is 10.1 Å². The summed E-state index contributed by atoms with van der Waals surface area (Å²) in [5.41, 5.74) is 1.45. The van der Waals surface area contributed by atoms with Crippen LogP contribution in [-0.2, 0) is 0 Å². The molecule has 2 nitrogen and oxygen atoms in total. The van der Waals surface area contributed by atoms with Crippen molar-refractivity contribution < 1.29 is 4.74 Å². The Bertz CT molecular complexity index is 409. The van der Waals surface area contributed by atoms with E-state index in [0.29, 0.717) is 6.04 Å². The number of benzene rings is 1. The number of ether oxygens (including phenoxy) is 1. The molecule has 0 bridgehead atoms. The number of rotatable bonds is 2. The number of para-hydroxylation sites is 1. The van der Waals surface area contributed by atoms with Crippen molar-refractivity contribution >= 4 is 0 Å². The third-order valence-electron chi connectivity index (χ3n) is 4.41. The molecule has 98 valence electrons. The molecule has 1 N–H and O–H groups in total. The van der Waals surface area contributed by atoms with E-state index in [1.807, 2.05) is 0 Å². The van der Waals surface area contributed by atoms with Crippen LogP contribution in [0.3, 0.4) is 0 Å². The summed E-state index contributed by atoms with van der Waals surface area (Å²) in [5.74, 6) is 1.11. The normalized spacial score (nSPS) is 25.5. The molecule has 0 radical (unpaired) electrons. The molecular formula is C16H23NO. The smallest absolute Gasteiger partial charge is 0.124 e. The zero-order valence-corrected chi connectivity index (χ0v) is 11.2. The average molecular weight is 245 g/mol. The molecule has 0 aromatic heterocycles. The van der Waals surface area contributed by atoms with Crippen LogP contribution in [0.5, 0.6) is 5.75 Å². The Morgan fingerprint density at radius 2 is 2.00 bits per heavy atom. The standard InChI is InChI=1S/C16H23NO/c1-2-17-14-12-16(10-6-3-7-11-16)18-15-9-5-4-8-13(14)15/h4-5,8-9,14,17H,2-3,6-7,10-12H2,1H3. The Morgan fingerprint density at radius 1 is 1.22 bits per heavy atom. The summed E-state index contributed by atoms with van der Waals surface area (Å²) in [6.45, 7) is 3.21. The average Bonchev–Trinajstić information content (AvgIpc) is 2.40. The Balaban J connectivity index is 1.91. The van der Waals surface area contributed by atoms with Crippen molar-refractivity contribution in [2.24, 2.45) is 0 Å². The zero-order valence-electron chi connectivity index (χ0n) is 11.2. The maximum atomic E-state index is 6.40. The van der Waals surface area contributed by atoms with Gasteiger partial charge in [0.2, 0.25) is 0 Å². The lowest BCUT2D eigenvalue weighted by atomic mass is 9.77. The highest BCUT2D eigenvalue weighted by atomic mass is 16.5. The van der Waals surface area contributed by atoms with Crippen LogP contribution in [0.2, 0.25) is 0 Å². The van der Waals surface area contributed by atoms with E-state index in [0.717, 1.165) is 18.7 Å². The molecule has 0 amide bonds. The number of hydrogen-bond donors (Lipinski definition) is 1. The molecule has 1 aliphatic carbocycles. The van der Waals surface area contributed by atoms with E-state index in [9.17, 15) is 0 Å². The molecular weight excluding hydrogens is 222 g/mol. The van der Waals surface area contributed by atoms with Crippen LogP contribution in [0.1, 0.15) is 57.1 Å². The molecule has 1 aromatic rings. The maximum absolute atomic E-state index is 6.40. The molecule has 18 heavy (non-hydrogen) atoms. The van der Waals surface area contributed by atoms with Crippen LogP contribution in [-0.4, -0.2) is 12.1 Å². The molecule has 1 fully saturated rings. The highest BCUT2D eigenvalue weighted by Gasteiger charge is 2.41. The number of nitrogens with one attached hydrogen (secondary N) is 1. The number of hydrogen-bond acceptors (Lipinski definition) is 2. The van der Waals surface area contributed by atoms with E-state index in [1.54, 1.807) is 0 Å². The quantitative estimate of drug-likeness (QED) is 0.855. The second-order valence-electron chi connectivity index (χ2n) is 5.70. The summed E-state index contributed by atoms with van der Waals surface area (Å²) < 4.78 is 6.40. The van der Waals surface area contributed by atoms with Crippen LogP contribution >= 0.6 is 0 Å². The van der Waals surface area contributed by atoms with Gasteiger partial charge in [-0.25, -0.2) is 0 Å². The van der Waals surface area contributed by atoms with Gasteiger partial charge in [0, 0.05) is 18.0 Å². The lowest BCUT2D eigenvalue weighted by Gasteiger charge is -2.44. The Hall–Kier alpha value is -1.02. The van der Waals surface area contributed by atoms with Crippen LogP contribution in [0, 0.1) is 0 Å². The van der Waals surface area contributed by atoms with Gasteiger partial charge in [0.1, 0.15) is 11.4 Å².